The molecule has 1 aliphatic carbocycles. The van der Waals surface area contributed by atoms with E-state index in [2.05, 4.69) is 30.4 Å². The molecule has 0 heterocycles. The molecule has 0 saturated heterocycles. The molecule has 3 heteroatoms. The van der Waals surface area contributed by atoms with Crippen LogP contribution in [-0.4, -0.2) is 11.9 Å². The summed E-state index contributed by atoms with van der Waals surface area (Å²) in [7, 11) is 0. The maximum absolute atomic E-state index is 12.2. The first-order valence-corrected chi connectivity index (χ1v) is 7.27. The predicted octanol–water partition coefficient (Wildman–Crippen LogP) is 2.55. The number of hydrogen-bond acceptors (Lipinski definition) is 2. The van der Waals surface area contributed by atoms with Gasteiger partial charge in [-0.15, -0.1) is 0 Å². The molecule has 0 radical (unpaired) electrons. The van der Waals surface area contributed by atoms with Gasteiger partial charge in [0.15, 0.2) is 0 Å². The standard InChI is InChI=1S/C16H24N2O/c1-3-11(2)15(17)16(19)18-14-10-6-8-12-7-4-5-9-13(12)14/h4-5,7,9,11,14-15H,3,6,8,10,17H2,1-2H3,(H,18,19)/t11-,14?,15-/m0/s1. The summed E-state index contributed by atoms with van der Waals surface area (Å²) in [6.07, 6.45) is 4.17. The van der Waals surface area contributed by atoms with Gasteiger partial charge in [0.25, 0.3) is 0 Å². The molecular formula is C16H24N2O. The number of carbonyl (C=O) groups excluding carboxylic acids is 1. The Morgan fingerprint density at radius 1 is 1.47 bits per heavy atom. The number of fused-ring (bicyclic) bond motifs is 1. The second kappa shape index (κ2) is 6.20. The van der Waals surface area contributed by atoms with Crippen LogP contribution in [0.15, 0.2) is 24.3 Å². The van der Waals surface area contributed by atoms with Crippen LogP contribution < -0.4 is 11.1 Å². The van der Waals surface area contributed by atoms with Crippen LogP contribution in [0, 0.1) is 5.92 Å². The third-order valence-corrected chi connectivity index (χ3v) is 4.25. The summed E-state index contributed by atoms with van der Waals surface area (Å²) in [5.41, 5.74) is 8.62. The van der Waals surface area contributed by atoms with Crippen molar-refractivity contribution in [1.29, 1.82) is 0 Å². The van der Waals surface area contributed by atoms with Gasteiger partial charge in [0.2, 0.25) is 5.91 Å². The summed E-state index contributed by atoms with van der Waals surface area (Å²) in [4.78, 5) is 12.2. The van der Waals surface area contributed by atoms with Crippen molar-refractivity contribution in [3.63, 3.8) is 0 Å². The van der Waals surface area contributed by atoms with E-state index in [9.17, 15) is 4.79 Å². The van der Waals surface area contributed by atoms with Crippen LogP contribution in [0.25, 0.3) is 0 Å². The first-order valence-electron chi connectivity index (χ1n) is 7.27. The number of benzene rings is 1. The monoisotopic (exact) mass is 260 g/mol. The highest BCUT2D eigenvalue weighted by Crippen LogP contribution is 2.29. The number of amides is 1. The normalized spacial score (nSPS) is 21.3. The number of carbonyl (C=O) groups is 1. The third kappa shape index (κ3) is 3.16. The predicted molar refractivity (Wildman–Crippen MR) is 77.7 cm³/mol. The lowest BCUT2D eigenvalue weighted by molar-refractivity contribution is -0.124. The van der Waals surface area contributed by atoms with Crippen molar-refractivity contribution in [3.05, 3.63) is 35.4 Å². The molecular weight excluding hydrogens is 236 g/mol. The molecule has 104 valence electrons. The van der Waals surface area contributed by atoms with Gasteiger partial charge >= 0.3 is 0 Å². The van der Waals surface area contributed by atoms with Gasteiger partial charge in [-0.05, 0) is 36.3 Å². The fourth-order valence-electron chi connectivity index (χ4n) is 2.68. The van der Waals surface area contributed by atoms with Crippen LogP contribution in [0.2, 0.25) is 0 Å². The van der Waals surface area contributed by atoms with E-state index in [1.54, 1.807) is 0 Å². The summed E-state index contributed by atoms with van der Waals surface area (Å²) in [6, 6.07) is 8.11. The maximum Gasteiger partial charge on any atom is 0.237 e. The Balaban J connectivity index is 2.06. The molecule has 3 N–H and O–H groups in total. The van der Waals surface area contributed by atoms with Crippen LogP contribution >= 0.6 is 0 Å². The Hall–Kier alpha value is -1.35. The zero-order valence-electron chi connectivity index (χ0n) is 11.9. The van der Waals surface area contributed by atoms with E-state index in [1.165, 1.54) is 11.1 Å². The van der Waals surface area contributed by atoms with Crippen molar-refractivity contribution in [3.8, 4) is 0 Å². The molecule has 0 saturated carbocycles. The van der Waals surface area contributed by atoms with E-state index in [1.807, 2.05) is 13.0 Å². The van der Waals surface area contributed by atoms with E-state index in [0.717, 1.165) is 25.7 Å². The van der Waals surface area contributed by atoms with E-state index in [-0.39, 0.29) is 17.9 Å². The molecule has 1 aromatic carbocycles. The Morgan fingerprint density at radius 3 is 2.95 bits per heavy atom. The maximum atomic E-state index is 12.2. The van der Waals surface area contributed by atoms with Crippen LogP contribution in [0.1, 0.15) is 50.3 Å². The molecule has 3 nitrogen and oxygen atoms in total. The molecule has 0 fully saturated rings. The van der Waals surface area contributed by atoms with Crippen molar-refractivity contribution in [2.24, 2.45) is 11.7 Å². The lowest BCUT2D eigenvalue weighted by atomic mass is 9.87. The van der Waals surface area contributed by atoms with Crippen LogP contribution in [-0.2, 0) is 11.2 Å². The van der Waals surface area contributed by atoms with Crippen molar-refractivity contribution < 1.29 is 4.79 Å². The van der Waals surface area contributed by atoms with Gasteiger partial charge < -0.3 is 11.1 Å². The SMILES string of the molecule is CC[C@H](C)[C@H](N)C(=O)NC1CCCc2ccccc21. The number of nitrogens with one attached hydrogen (secondary N) is 1. The highest BCUT2D eigenvalue weighted by atomic mass is 16.2. The van der Waals surface area contributed by atoms with Gasteiger partial charge in [0.05, 0.1) is 12.1 Å². The van der Waals surface area contributed by atoms with E-state index >= 15 is 0 Å². The molecule has 1 amide bonds. The highest BCUT2D eigenvalue weighted by molar-refractivity contribution is 5.82. The van der Waals surface area contributed by atoms with Gasteiger partial charge in [-0.25, -0.2) is 0 Å². The van der Waals surface area contributed by atoms with Crippen LogP contribution in [0.4, 0.5) is 0 Å². The average Bonchev–Trinajstić information content (AvgIpc) is 2.46. The quantitative estimate of drug-likeness (QED) is 0.874. The van der Waals surface area contributed by atoms with Gasteiger partial charge in [-0.1, -0.05) is 44.5 Å². The third-order valence-electron chi connectivity index (χ3n) is 4.25. The Labute approximate surface area is 115 Å². The lowest BCUT2D eigenvalue weighted by Gasteiger charge is -2.28. The van der Waals surface area contributed by atoms with Gasteiger partial charge in [-0.2, -0.15) is 0 Å². The van der Waals surface area contributed by atoms with Crippen molar-refractivity contribution in [2.75, 3.05) is 0 Å². The Bertz CT molecular complexity index is 444. The molecule has 0 bridgehead atoms. The molecule has 1 unspecified atom stereocenters. The molecule has 19 heavy (non-hydrogen) atoms. The number of hydrogen-bond donors (Lipinski definition) is 2. The molecule has 1 aromatic rings. The first kappa shape index (κ1) is 14.1. The molecule has 2 rings (SSSR count). The minimum Gasteiger partial charge on any atom is -0.348 e. The van der Waals surface area contributed by atoms with Gasteiger partial charge in [0, 0.05) is 0 Å². The fourth-order valence-corrected chi connectivity index (χ4v) is 2.68. The number of aryl methyl sites for hydroxylation is 1. The van der Waals surface area contributed by atoms with E-state index in [4.69, 9.17) is 5.73 Å². The van der Waals surface area contributed by atoms with Crippen molar-refractivity contribution in [2.45, 2.75) is 51.6 Å². The summed E-state index contributed by atoms with van der Waals surface area (Å²) in [6.45, 7) is 4.09. The second-order valence-corrected chi connectivity index (χ2v) is 5.56. The molecule has 0 spiro atoms. The minimum atomic E-state index is -0.404. The molecule has 3 atom stereocenters. The van der Waals surface area contributed by atoms with Gasteiger partial charge in [-0.3, -0.25) is 4.79 Å². The summed E-state index contributed by atoms with van der Waals surface area (Å²) in [5.74, 6) is 0.204. The Morgan fingerprint density at radius 2 is 2.21 bits per heavy atom. The first-order chi connectivity index (χ1) is 9.13. The van der Waals surface area contributed by atoms with Crippen LogP contribution in [0.3, 0.4) is 0 Å². The second-order valence-electron chi connectivity index (χ2n) is 5.56. The topological polar surface area (TPSA) is 55.1 Å². The summed E-state index contributed by atoms with van der Waals surface area (Å²) < 4.78 is 0. The molecule has 0 aliphatic heterocycles. The molecule has 0 aromatic heterocycles. The van der Waals surface area contributed by atoms with E-state index in [0.29, 0.717) is 0 Å². The van der Waals surface area contributed by atoms with Crippen molar-refractivity contribution >= 4 is 5.91 Å². The minimum absolute atomic E-state index is 0.0175. The zero-order valence-corrected chi connectivity index (χ0v) is 11.9. The molecule has 1 aliphatic rings. The lowest BCUT2D eigenvalue weighted by Crippen LogP contribution is -2.46. The largest absolute Gasteiger partial charge is 0.348 e. The van der Waals surface area contributed by atoms with E-state index < -0.39 is 6.04 Å². The highest BCUT2D eigenvalue weighted by Gasteiger charge is 2.25. The number of rotatable bonds is 4. The summed E-state index contributed by atoms with van der Waals surface area (Å²) in [5, 5.41) is 3.13. The smallest absolute Gasteiger partial charge is 0.237 e. The van der Waals surface area contributed by atoms with Gasteiger partial charge in [0.1, 0.15) is 0 Å². The number of nitrogens with two attached hydrogens (primary N) is 1. The fraction of sp³-hybridized carbons (Fsp3) is 0.562. The van der Waals surface area contributed by atoms with Crippen LogP contribution in [0.5, 0.6) is 0 Å². The average molecular weight is 260 g/mol. The summed E-state index contributed by atoms with van der Waals surface area (Å²) >= 11 is 0. The van der Waals surface area contributed by atoms with Crippen molar-refractivity contribution in [1.82, 2.24) is 5.32 Å². The zero-order chi connectivity index (χ0) is 13.8. The Kier molecular flexibility index (Phi) is 4.59.